The van der Waals surface area contributed by atoms with Crippen LogP contribution in [-0.2, 0) is 16.2 Å². The van der Waals surface area contributed by atoms with Crippen molar-refractivity contribution >= 4 is 43.5 Å². The highest BCUT2D eigenvalue weighted by Gasteiger charge is 2.45. The second-order valence-electron chi connectivity index (χ2n) is 18.8. The molecule has 0 atom stereocenters. The van der Waals surface area contributed by atoms with E-state index in [0.717, 1.165) is 33.1 Å². The Morgan fingerprint density at radius 3 is 1.02 bits per heavy atom. The van der Waals surface area contributed by atoms with Crippen LogP contribution in [0.25, 0.3) is 99.1 Å². The van der Waals surface area contributed by atoms with Crippen molar-refractivity contribution in [2.45, 2.75) is 57.8 Å². The molecule has 2 nitrogen and oxygen atoms in total. The van der Waals surface area contributed by atoms with Crippen LogP contribution in [0.3, 0.4) is 0 Å². The molecule has 59 heavy (non-hydrogen) atoms. The predicted molar refractivity (Wildman–Crippen MR) is 245 cm³/mol. The molecule has 2 heterocycles. The van der Waals surface area contributed by atoms with Gasteiger partial charge in [-0.1, -0.05) is 126 Å². The summed E-state index contributed by atoms with van der Waals surface area (Å²) in [7, 11) is 0. The van der Waals surface area contributed by atoms with Gasteiger partial charge in [0.2, 0.25) is 0 Å². The molecule has 0 radical (unpaired) electrons. The molecule has 10 aromatic rings. The van der Waals surface area contributed by atoms with E-state index in [2.05, 4.69) is 163 Å². The maximum absolute atomic E-state index is 6.12. The molecule has 0 saturated carbocycles. The van der Waals surface area contributed by atoms with Crippen molar-refractivity contribution < 1.29 is 8.83 Å². The molecule has 0 bridgehead atoms. The molecular formula is C57H42O2. The standard InChI is InChI=1S/C57H42O2/c1-55(2)45-27-41-47(56(3,4)49-23-37(31-15-7-9-19-35(31)53(41)49)43-29-58-51-21-13-11-17-33(43)51)25-39(45)40-26-48-42(28-46(40)55)54-36-20-10-8-16-32(36)38(24-50(54)57(48,5)6)44-30-59-52-22-14-12-18-34(44)52/h7-30H,1-6H3. The minimum absolute atomic E-state index is 0.189. The second-order valence-corrected chi connectivity index (χ2v) is 18.8. The molecule has 8 aromatic carbocycles. The van der Waals surface area contributed by atoms with Crippen LogP contribution in [0.5, 0.6) is 0 Å². The van der Waals surface area contributed by atoms with E-state index in [1.165, 1.54) is 99.4 Å². The minimum atomic E-state index is -0.205. The monoisotopic (exact) mass is 758 g/mol. The minimum Gasteiger partial charge on any atom is -0.464 e. The third-order valence-corrected chi connectivity index (χ3v) is 14.8. The Kier molecular flexibility index (Phi) is 6.16. The van der Waals surface area contributed by atoms with Gasteiger partial charge in [-0.15, -0.1) is 0 Å². The summed E-state index contributed by atoms with van der Waals surface area (Å²) in [6.45, 7) is 14.6. The third-order valence-electron chi connectivity index (χ3n) is 14.8. The predicted octanol–water partition coefficient (Wildman–Crippen LogP) is 15.7. The van der Waals surface area contributed by atoms with E-state index in [0.29, 0.717) is 0 Å². The summed E-state index contributed by atoms with van der Waals surface area (Å²) in [4.78, 5) is 0. The number of fused-ring (bicyclic) bond motifs is 15. The second kappa shape index (κ2) is 10.9. The van der Waals surface area contributed by atoms with E-state index in [-0.39, 0.29) is 16.2 Å². The first-order valence-corrected chi connectivity index (χ1v) is 21.0. The van der Waals surface area contributed by atoms with E-state index in [1.807, 2.05) is 24.7 Å². The number of hydrogen-bond donors (Lipinski definition) is 0. The van der Waals surface area contributed by atoms with Gasteiger partial charge in [-0.25, -0.2) is 0 Å². The van der Waals surface area contributed by atoms with Crippen molar-refractivity contribution in [1.82, 2.24) is 0 Å². The lowest BCUT2D eigenvalue weighted by Crippen LogP contribution is -2.17. The topological polar surface area (TPSA) is 26.3 Å². The summed E-state index contributed by atoms with van der Waals surface area (Å²) in [6, 6.07) is 50.0. The maximum Gasteiger partial charge on any atom is 0.134 e. The Morgan fingerprint density at radius 1 is 0.288 bits per heavy atom. The zero-order valence-corrected chi connectivity index (χ0v) is 34.2. The third kappa shape index (κ3) is 4.07. The van der Waals surface area contributed by atoms with E-state index < -0.39 is 0 Å². The van der Waals surface area contributed by atoms with E-state index in [9.17, 15) is 0 Å². The molecule has 0 spiro atoms. The Bertz CT molecular complexity index is 3290. The molecule has 0 saturated heterocycles. The smallest absolute Gasteiger partial charge is 0.134 e. The maximum atomic E-state index is 6.12. The molecule has 13 rings (SSSR count). The van der Waals surface area contributed by atoms with Gasteiger partial charge in [0.15, 0.2) is 0 Å². The van der Waals surface area contributed by atoms with Crippen LogP contribution in [0.2, 0.25) is 0 Å². The molecule has 3 aliphatic rings. The molecule has 0 N–H and O–H groups in total. The van der Waals surface area contributed by atoms with Crippen LogP contribution in [0, 0.1) is 0 Å². The molecule has 2 aromatic heterocycles. The fourth-order valence-electron chi connectivity index (χ4n) is 11.7. The first kappa shape index (κ1) is 33.3. The summed E-state index contributed by atoms with van der Waals surface area (Å²) >= 11 is 0. The Balaban J connectivity index is 1.01. The van der Waals surface area contributed by atoms with Crippen LogP contribution in [0.15, 0.2) is 155 Å². The van der Waals surface area contributed by atoms with Crippen LogP contribution in [0.4, 0.5) is 0 Å². The first-order valence-electron chi connectivity index (χ1n) is 21.0. The average molecular weight is 759 g/mol. The van der Waals surface area contributed by atoms with Gasteiger partial charge in [0.25, 0.3) is 0 Å². The quantitative estimate of drug-likeness (QED) is 0.175. The van der Waals surface area contributed by atoms with E-state index in [4.69, 9.17) is 8.83 Å². The zero-order valence-electron chi connectivity index (χ0n) is 34.2. The summed E-state index contributed by atoms with van der Waals surface area (Å²) in [5.74, 6) is 0. The van der Waals surface area contributed by atoms with E-state index >= 15 is 0 Å². The largest absolute Gasteiger partial charge is 0.464 e. The van der Waals surface area contributed by atoms with Crippen molar-refractivity contribution in [3.63, 3.8) is 0 Å². The molecule has 0 unspecified atom stereocenters. The Morgan fingerprint density at radius 2 is 0.593 bits per heavy atom. The highest BCUT2D eigenvalue weighted by Crippen LogP contribution is 2.61. The lowest BCUT2D eigenvalue weighted by Gasteiger charge is -2.25. The molecule has 0 fully saturated rings. The van der Waals surface area contributed by atoms with Crippen LogP contribution in [-0.4, -0.2) is 0 Å². The summed E-state index contributed by atoms with van der Waals surface area (Å²) < 4.78 is 12.2. The van der Waals surface area contributed by atoms with Crippen molar-refractivity contribution in [3.8, 4) is 55.6 Å². The van der Waals surface area contributed by atoms with Gasteiger partial charge in [0, 0.05) is 38.1 Å². The SMILES string of the molecule is CC1(C)c2cc3c(cc2-c2cc4c(cc21)-c1c(cc(-c2coc5ccccc25)c2ccccc12)C4(C)C)C(C)(C)c1cc(-c2coc4ccccc24)c2ccccc2c1-3. The summed E-state index contributed by atoms with van der Waals surface area (Å²) in [5, 5.41) is 7.44. The molecule has 0 aliphatic heterocycles. The van der Waals surface area contributed by atoms with Gasteiger partial charge in [0.05, 0.1) is 12.5 Å². The summed E-state index contributed by atoms with van der Waals surface area (Å²) in [5.41, 5.74) is 22.6. The zero-order chi connectivity index (χ0) is 39.7. The molecular weight excluding hydrogens is 717 g/mol. The molecule has 282 valence electrons. The van der Waals surface area contributed by atoms with Gasteiger partial charge in [-0.3, -0.25) is 0 Å². The number of benzene rings is 8. The lowest BCUT2D eigenvalue weighted by atomic mass is 9.78. The summed E-state index contributed by atoms with van der Waals surface area (Å²) in [6.07, 6.45) is 3.90. The molecule has 2 heteroatoms. The van der Waals surface area contributed by atoms with Gasteiger partial charge in [-0.2, -0.15) is 0 Å². The molecule has 3 aliphatic carbocycles. The average Bonchev–Trinajstić information content (AvgIpc) is 4.02. The van der Waals surface area contributed by atoms with Crippen LogP contribution < -0.4 is 0 Å². The fraction of sp³-hybridized carbons (Fsp3) is 0.158. The number of furan rings is 2. The van der Waals surface area contributed by atoms with Crippen LogP contribution in [0.1, 0.15) is 74.9 Å². The highest BCUT2D eigenvalue weighted by molar-refractivity contribution is 6.14. The van der Waals surface area contributed by atoms with Crippen molar-refractivity contribution in [2.24, 2.45) is 0 Å². The van der Waals surface area contributed by atoms with Crippen LogP contribution >= 0.6 is 0 Å². The van der Waals surface area contributed by atoms with Crippen molar-refractivity contribution in [1.29, 1.82) is 0 Å². The Labute approximate surface area is 343 Å². The first-order chi connectivity index (χ1) is 28.5. The van der Waals surface area contributed by atoms with Gasteiger partial charge in [-0.05, 0) is 148 Å². The van der Waals surface area contributed by atoms with Gasteiger partial charge in [0.1, 0.15) is 11.2 Å². The van der Waals surface area contributed by atoms with Gasteiger partial charge < -0.3 is 8.83 Å². The Hall–Kier alpha value is -6.64. The van der Waals surface area contributed by atoms with Crippen molar-refractivity contribution in [3.05, 3.63) is 179 Å². The molecule has 0 amide bonds. The fourth-order valence-corrected chi connectivity index (χ4v) is 11.7. The lowest BCUT2D eigenvalue weighted by molar-refractivity contribution is 0.616. The van der Waals surface area contributed by atoms with Gasteiger partial charge >= 0.3 is 0 Å². The number of rotatable bonds is 2. The van der Waals surface area contributed by atoms with Crippen molar-refractivity contribution in [2.75, 3.05) is 0 Å². The van der Waals surface area contributed by atoms with E-state index in [1.54, 1.807) is 0 Å². The number of hydrogen-bond acceptors (Lipinski definition) is 2. The number of para-hydroxylation sites is 2. The highest BCUT2D eigenvalue weighted by atomic mass is 16.3. The normalized spacial score (nSPS) is 16.0.